The Bertz CT molecular complexity index is 401. The molecule has 1 rings (SSSR count). The molecule has 0 aromatic carbocycles. The fraction of sp³-hybridized carbons (Fsp3) is 0.615. The van der Waals surface area contributed by atoms with E-state index >= 15 is 0 Å². The van der Waals surface area contributed by atoms with Gasteiger partial charge in [0.2, 0.25) is 0 Å². The largest absolute Gasteiger partial charge is 0.465 e. The Morgan fingerprint density at radius 2 is 1.85 bits per heavy atom. The van der Waals surface area contributed by atoms with E-state index in [1.807, 2.05) is 0 Å². The number of hydrogen-bond acceptors (Lipinski definition) is 6. The molecule has 0 bridgehead atoms. The van der Waals surface area contributed by atoms with E-state index in [1.54, 1.807) is 13.8 Å². The molecule has 0 aliphatic carbocycles. The third kappa shape index (κ3) is 3.36. The predicted molar refractivity (Wildman–Crippen MR) is 68.4 cm³/mol. The zero-order valence-electron chi connectivity index (χ0n) is 11.9. The second-order valence-corrected chi connectivity index (χ2v) is 4.18. The van der Waals surface area contributed by atoms with E-state index in [0.717, 1.165) is 0 Å². The first-order chi connectivity index (χ1) is 9.43. The first kappa shape index (κ1) is 16.2. The minimum atomic E-state index is -1.42. The summed E-state index contributed by atoms with van der Waals surface area (Å²) in [5.41, 5.74) is 0.456. The highest BCUT2D eigenvalue weighted by Crippen LogP contribution is 2.22. The fourth-order valence-corrected chi connectivity index (χ4v) is 1.75. The Morgan fingerprint density at radius 1 is 1.35 bits per heavy atom. The quantitative estimate of drug-likeness (QED) is 0.526. The number of nitrogens with zero attached hydrogens (tertiary/aromatic N) is 1. The van der Waals surface area contributed by atoms with Gasteiger partial charge in [-0.15, -0.1) is 0 Å². The summed E-state index contributed by atoms with van der Waals surface area (Å²) in [6.45, 7) is 7.12. The number of carbonyl (C=O) groups is 3. The van der Waals surface area contributed by atoms with Crippen molar-refractivity contribution in [3.8, 4) is 0 Å². The number of amides is 1. The Kier molecular flexibility index (Phi) is 5.69. The van der Waals surface area contributed by atoms with Gasteiger partial charge < -0.3 is 19.1 Å². The number of likely N-dealkylation sites (N-methyl/N-ethyl adjacent to an activating group) is 1. The summed E-state index contributed by atoms with van der Waals surface area (Å²) in [6.07, 6.45) is -1.25. The summed E-state index contributed by atoms with van der Waals surface area (Å²) in [5.74, 6) is -3.60. The van der Waals surface area contributed by atoms with Crippen LogP contribution in [0.2, 0.25) is 0 Å². The van der Waals surface area contributed by atoms with Gasteiger partial charge in [-0.3, -0.25) is 14.4 Å². The molecular formula is C13H19NO6. The molecular weight excluding hydrogens is 266 g/mol. The van der Waals surface area contributed by atoms with Crippen molar-refractivity contribution in [2.45, 2.75) is 20.0 Å². The molecule has 7 nitrogen and oxygen atoms in total. The van der Waals surface area contributed by atoms with Crippen molar-refractivity contribution in [3.63, 3.8) is 0 Å². The van der Waals surface area contributed by atoms with Gasteiger partial charge in [0, 0.05) is 12.7 Å². The zero-order valence-corrected chi connectivity index (χ0v) is 11.9. The highest BCUT2D eigenvalue weighted by Gasteiger charge is 2.46. The van der Waals surface area contributed by atoms with E-state index in [4.69, 9.17) is 14.2 Å². The standard InChI is InChI=1S/C13H19NO6/c1-5-18-12(16)9(13(17)19-6-2)10-11(15)14(4)8(3)7-20-10/h9-10H,3,5-7H2,1-2,4H3. The number of ether oxygens (including phenoxy) is 3. The van der Waals surface area contributed by atoms with Crippen LogP contribution in [0.25, 0.3) is 0 Å². The Hall–Kier alpha value is -1.89. The lowest BCUT2D eigenvalue weighted by Gasteiger charge is -2.33. The van der Waals surface area contributed by atoms with Crippen molar-refractivity contribution >= 4 is 17.8 Å². The third-order valence-corrected chi connectivity index (χ3v) is 2.86. The molecule has 0 spiro atoms. The van der Waals surface area contributed by atoms with Crippen LogP contribution < -0.4 is 0 Å². The SMILES string of the molecule is C=C1COC(C(C(=O)OCC)C(=O)OCC)C(=O)N1C. The third-order valence-electron chi connectivity index (χ3n) is 2.86. The molecule has 1 fully saturated rings. The van der Waals surface area contributed by atoms with Gasteiger partial charge in [0.05, 0.1) is 19.8 Å². The molecule has 0 radical (unpaired) electrons. The van der Waals surface area contributed by atoms with Crippen molar-refractivity contribution < 1.29 is 28.6 Å². The van der Waals surface area contributed by atoms with E-state index in [0.29, 0.717) is 5.70 Å². The maximum Gasteiger partial charge on any atom is 0.323 e. The minimum absolute atomic E-state index is 0.0578. The molecule has 1 heterocycles. The van der Waals surface area contributed by atoms with Gasteiger partial charge in [0.25, 0.3) is 5.91 Å². The number of hydrogen-bond donors (Lipinski definition) is 0. The summed E-state index contributed by atoms with van der Waals surface area (Å²) >= 11 is 0. The highest BCUT2D eigenvalue weighted by atomic mass is 16.6. The van der Waals surface area contributed by atoms with E-state index in [1.165, 1.54) is 11.9 Å². The predicted octanol–water partition coefficient (Wildman–Crippen LogP) is 0.0997. The van der Waals surface area contributed by atoms with Crippen LogP contribution in [0, 0.1) is 5.92 Å². The molecule has 1 amide bonds. The maximum absolute atomic E-state index is 12.1. The van der Waals surface area contributed by atoms with Crippen molar-refractivity contribution in [2.75, 3.05) is 26.9 Å². The van der Waals surface area contributed by atoms with Crippen molar-refractivity contribution in [3.05, 3.63) is 12.3 Å². The smallest absolute Gasteiger partial charge is 0.323 e. The number of morpholine rings is 1. The Balaban J connectivity index is 2.98. The summed E-state index contributed by atoms with van der Waals surface area (Å²) in [5, 5.41) is 0. The van der Waals surface area contributed by atoms with Crippen molar-refractivity contribution in [1.82, 2.24) is 4.90 Å². The molecule has 1 atom stereocenters. The molecule has 1 saturated heterocycles. The molecule has 112 valence electrons. The van der Waals surface area contributed by atoms with Crippen LogP contribution in [-0.2, 0) is 28.6 Å². The molecule has 0 aromatic heterocycles. The lowest BCUT2D eigenvalue weighted by atomic mass is 10.00. The fourth-order valence-electron chi connectivity index (χ4n) is 1.75. The van der Waals surface area contributed by atoms with Crippen molar-refractivity contribution in [2.24, 2.45) is 5.92 Å². The normalized spacial score (nSPS) is 19.2. The van der Waals surface area contributed by atoms with Crippen LogP contribution >= 0.6 is 0 Å². The first-order valence-corrected chi connectivity index (χ1v) is 6.34. The van der Waals surface area contributed by atoms with Crippen LogP contribution in [0.3, 0.4) is 0 Å². The van der Waals surface area contributed by atoms with Crippen LogP contribution in [-0.4, -0.2) is 55.7 Å². The summed E-state index contributed by atoms with van der Waals surface area (Å²) in [4.78, 5) is 37.2. The molecule has 0 N–H and O–H groups in total. The second-order valence-electron chi connectivity index (χ2n) is 4.18. The van der Waals surface area contributed by atoms with Crippen LogP contribution in [0.4, 0.5) is 0 Å². The van der Waals surface area contributed by atoms with E-state index in [-0.39, 0.29) is 19.8 Å². The van der Waals surface area contributed by atoms with Gasteiger partial charge in [0.15, 0.2) is 12.0 Å². The average Bonchev–Trinajstić information content (AvgIpc) is 2.40. The summed E-state index contributed by atoms with van der Waals surface area (Å²) in [7, 11) is 1.51. The van der Waals surface area contributed by atoms with Gasteiger partial charge in [-0.2, -0.15) is 0 Å². The van der Waals surface area contributed by atoms with Gasteiger partial charge in [-0.05, 0) is 13.8 Å². The lowest BCUT2D eigenvalue weighted by molar-refractivity contribution is -0.177. The van der Waals surface area contributed by atoms with Gasteiger partial charge in [-0.1, -0.05) is 6.58 Å². The topological polar surface area (TPSA) is 82.1 Å². The Morgan fingerprint density at radius 3 is 2.30 bits per heavy atom. The molecule has 1 aliphatic heterocycles. The summed E-state index contributed by atoms with van der Waals surface area (Å²) in [6, 6.07) is 0. The summed E-state index contributed by atoms with van der Waals surface area (Å²) < 4.78 is 14.9. The molecule has 1 unspecified atom stereocenters. The number of esters is 2. The number of carbonyl (C=O) groups excluding carboxylic acids is 3. The van der Waals surface area contributed by atoms with Crippen LogP contribution in [0.5, 0.6) is 0 Å². The van der Waals surface area contributed by atoms with E-state index in [2.05, 4.69) is 6.58 Å². The molecule has 1 aliphatic rings. The molecule has 0 saturated carbocycles. The minimum Gasteiger partial charge on any atom is -0.465 e. The molecule has 20 heavy (non-hydrogen) atoms. The van der Waals surface area contributed by atoms with Gasteiger partial charge in [0.1, 0.15) is 0 Å². The van der Waals surface area contributed by atoms with Gasteiger partial charge >= 0.3 is 11.9 Å². The van der Waals surface area contributed by atoms with E-state index < -0.39 is 29.9 Å². The lowest BCUT2D eigenvalue weighted by Crippen LogP contribution is -2.52. The average molecular weight is 285 g/mol. The van der Waals surface area contributed by atoms with Crippen molar-refractivity contribution in [1.29, 1.82) is 0 Å². The Labute approximate surface area is 117 Å². The van der Waals surface area contributed by atoms with E-state index in [9.17, 15) is 14.4 Å². The maximum atomic E-state index is 12.1. The molecule has 0 aromatic rings. The number of rotatable bonds is 5. The second kappa shape index (κ2) is 7.04. The van der Waals surface area contributed by atoms with Gasteiger partial charge in [-0.25, -0.2) is 0 Å². The monoisotopic (exact) mass is 285 g/mol. The first-order valence-electron chi connectivity index (χ1n) is 6.34. The highest BCUT2D eigenvalue weighted by molar-refractivity contribution is 6.01. The van der Waals surface area contributed by atoms with Crippen LogP contribution in [0.1, 0.15) is 13.8 Å². The molecule has 7 heteroatoms. The van der Waals surface area contributed by atoms with Crippen LogP contribution in [0.15, 0.2) is 12.3 Å². The zero-order chi connectivity index (χ0) is 15.3.